The van der Waals surface area contributed by atoms with E-state index in [0.717, 1.165) is 17.3 Å². The summed E-state index contributed by atoms with van der Waals surface area (Å²) < 4.78 is 33.6. The molecule has 1 aromatic heterocycles. The molecular weight excluding hydrogens is 572 g/mol. The Kier molecular flexibility index (Phi) is 8.06. The second-order valence-corrected chi connectivity index (χ2v) is 11.9. The lowest BCUT2D eigenvalue weighted by molar-refractivity contribution is -0.113. The average molecular weight is 595 g/mol. The van der Waals surface area contributed by atoms with Crippen molar-refractivity contribution in [2.24, 2.45) is 0 Å². The summed E-state index contributed by atoms with van der Waals surface area (Å²) in [5, 5.41) is 3.39. The maximum Gasteiger partial charge on any atom is 0.338 e. The van der Waals surface area contributed by atoms with Crippen molar-refractivity contribution in [2.75, 3.05) is 22.0 Å². The van der Waals surface area contributed by atoms with E-state index < -0.39 is 16.0 Å². The van der Waals surface area contributed by atoms with Crippen LogP contribution in [0.4, 0.5) is 11.4 Å². The number of ether oxygens (including phenoxy) is 1. The first-order valence-electron chi connectivity index (χ1n) is 12.2. The number of fused-ring (bicyclic) bond motifs is 3. The van der Waals surface area contributed by atoms with Crippen LogP contribution in [0.1, 0.15) is 22.8 Å². The number of benzene rings is 3. The molecule has 0 bridgehead atoms. The van der Waals surface area contributed by atoms with Crippen LogP contribution in [0.15, 0.2) is 89.0 Å². The van der Waals surface area contributed by atoms with Crippen molar-refractivity contribution in [3.05, 3.63) is 95.1 Å². The highest BCUT2D eigenvalue weighted by Crippen LogP contribution is 2.44. The summed E-state index contributed by atoms with van der Waals surface area (Å²) in [7, 11) is -3.97. The number of amides is 1. The summed E-state index contributed by atoms with van der Waals surface area (Å²) in [6, 6.07) is 20.7. The smallest absolute Gasteiger partial charge is 0.338 e. The number of aromatic nitrogens is 2. The summed E-state index contributed by atoms with van der Waals surface area (Å²) >= 11 is 7.35. The molecule has 5 rings (SSSR count). The molecule has 0 unspecified atom stereocenters. The molecule has 3 aromatic carbocycles. The molecule has 1 aliphatic heterocycles. The van der Waals surface area contributed by atoms with Gasteiger partial charge in [0.05, 0.1) is 42.0 Å². The highest BCUT2D eigenvalue weighted by atomic mass is 35.5. The van der Waals surface area contributed by atoms with Gasteiger partial charge in [-0.2, -0.15) is 0 Å². The lowest BCUT2D eigenvalue weighted by Gasteiger charge is -2.31. The van der Waals surface area contributed by atoms with Gasteiger partial charge in [-0.25, -0.2) is 23.2 Å². The Labute approximate surface area is 240 Å². The lowest BCUT2D eigenvalue weighted by Crippen LogP contribution is -2.34. The Hall–Kier alpha value is -3.93. The number of sulfonamides is 1. The topological polar surface area (TPSA) is 119 Å². The molecule has 0 saturated heterocycles. The van der Waals surface area contributed by atoms with Crippen molar-refractivity contribution in [3.63, 3.8) is 0 Å². The Morgan fingerprint density at radius 1 is 1.05 bits per heavy atom. The molecule has 0 radical (unpaired) electrons. The van der Waals surface area contributed by atoms with Gasteiger partial charge in [-0.3, -0.25) is 9.10 Å². The molecule has 0 saturated carbocycles. The molecular formula is C28H23ClN4O5S2. The fourth-order valence-corrected chi connectivity index (χ4v) is 6.50. The van der Waals surface area contributed by atoms with E-state index in [0.29, 0.717) is 27.5 Å². The molecule has 0 aliphatic carbocycles. The summed E-state index contributed by atoms with van der Waals surface area (Å²) in [6.45, 7) is 2.09. The van der Waals surface area contributed by atoms with E-state index in [2.05, 4.69) is 15.3 Å². The van der Waals surface area contributed by atoms with Gasteiger partial charge in [0, 0.05) is 16.3 Å². The minimum absolute atomic E-state index is 0.0391. The second kappa shape index (κ2) is 11.7. The molecule has 0 spiro atoms. The van der Waals surface area contributed by atoms with Crippen LogP contribution < -0.4 is 9.62 Å². The van der Waals surface area contributed by atoms with Crippen LogP contribution in [-0.2, 0) is 26.1 Å². The fourth-order valence-electron chi connectivity index (χ4n) is 4.15. The minimum atomic E-state index is -3.97. The van der Waals surface area contributed by atoms with E-state index in [1.54, 1.807) is 43.3 Å². The Morgan fingerprint density at radius 2 is 1.85 bits per heavy atom. The molecule has 1 aliphatic rings. The second-order valence-electron chi connectivity index (χ2n) is 8.66. The van der Waals surface area contributed by atoms with Crippen LogP contribution in [0, 0.1) is 0 Å². The molecule has 2 heterocycles. The Bertz CT molecular complexity index is 1700. The van der Waals surface area contributed by atoms with Gasteiger partial charge in [0.15, 0.2) is 5.16 Å². The van der Waals surface area contributed by atoms with Crippen LogP contribution in [-0.4, -0.2) is 42.6 Å². The average Bonchev–Trinajstić information content (AvgIpc) is 2.95. The van der Waals surface area contributed by atoms with Gasteiger partial charge in [0.25, 0.3) is 10.0 Å². The molecule has 12 heteroatoms. The number of anilines is 2. The van der Waals surface area contributed by atoms with Crippen LogP contribution in [0.3, 0.4) is 0 Å². The van der Waals surface area contributed by atoms with Gasteiger partial charge < -0.3 is 10.1 Å². The molecule has 0 atom stereocenters. The summed E-state index contributed by atoms with van der Waals surface area (Å²) in [4.78, 5) is 33.3. The van der Waals surface area contributed by atoms with Crippen LogP contribution >= 0.6 is 23.4 Å². The number of rotatable bonds is 8. The molecule has 4 aromatic rings. The number of hydrogen-bond donors (Lipinski definition) is 1. The standard InChI is InChI=1S/C28H23ClN4O5S2/c1-2-38-27(35)19-9-6-10-21(13-19)31-25(34)17-39-28-30-15-24-26(32-28)22-14-20(29)11-12-23(22)33(40(24,36)37)16-18-7-4-3-5-8-18/h3-15H,2,16-17H2,1H3,(H,31,34). The lowest BCUT2D eigenvalue weighted by atomic mass is 10.1. The zero-order valence-corrected chi connectivity index (χ0v) is 23.6. The van der Waals surface area contributed by atoms with Crippen molar-refractivity contribution in [1.29, 1.82) is 0 Å². The van der Waals surface area contributed by atoms with E-state index in [9.17, 15) is 18.0 Å². The van der Waals surface area contributed by atoms with E-state index in [1.165, 1.54) is 16.6 Å². The van der Waals surface area contributed by atoms with E-state index in [1.807, 2.05) is 30.3 Å². The third-order valence-corrected chi connectivity index (χ3v) is 8.80. The summed E-state index contributed by atoms with van der Waals surface area (Å²) in [5.74, 6) is -0.872. The van der Waals surface area contributed by atoms with Crippen molar-refractivity contribution >= 4 is 56.6 Å². The highest BCUT2D eigenvalue weighted by molar-refractivity contribution is 7.99. The minimum Gasteiger partial charge on any atom is -0.462 e. The van der Waals surface area contributed by atoms with Crippen LogP contribution in [0.2, 0.25) is 5.02 Å². The van der Waals surface area contributed by atoms with Crippen molar-refractivity contribution in [1.82, 2.24) is 9.97 Å². The number of nitrogens with zero attached hydrogens (tertiary/aromatic N) is 3. The number of esters is 1. The number of thioether (sulfide) groups is 1. The maximum atomic E-state index is 13.7. The number of carbonyl (C=O) groups is 2. The number of halogens is 1. The third kappa shape index (κ3) is 5.81. The van der Waals surface area contributed by atoms with Crippen LogP contribution in [0.5, 0.6) is 0 Å². The van der Waals surface area contributed by atoms with Gasteiger partial charge in [-0.05, 0) is 48.9 Å². The maximum absolute atomic E-state index is 13.7. The number of hydrogen-bond acceptors (Lipinski definition) is 8. The quantitative estimate of drug-likeness (QED) is 0.163. The number of carbonyl (C=O) groups excluding carboxylic acids is 2. The van der Waals surface area contributed by atoms with Crippen molar-refractivity contribution in [2.45, 2.75) is 23.5 Å². The molecule has 1 N–H and O–H groups in total. The van der Waals surface area contributed by atoms with Crippen LogP contribution in [0.25, 0.3) is 11.3 Å². The molecule has 40 heavy (non-hydrogen) atoms. The molecule has 9 nitrogen and oxygen atoms in total. The van der Waals surface area contributed by atoms with Crippen molar-refractivity contribution in [3.8, 4) is 11.3 Å². The largest absolute Gasteiger partial charge is 0.462 e. The van der Waals surface area contributed by atoms with Gasteiger partial charge in [-0.15, -0.1) is 0 Å². The zero-order valence-electron chi connectivity index (χ0n) is 21.2. The molecule has 1 amide bonds. The molecule has 0 fully saturated rings. The highest BCUT2D eigenvalue weighted by Gasteiger charge is 2.37. The predicted molar refractivity (Wildman–Crippen MR) is 154 cm³/mol. The van der Waals surface area contributed by atoms with Crippen molar-refractivity contribution < 1.29 is 22.7 Å². The Morgan fingerprint density at radius 3 is 2.62 bits per heavy atom. The van der Waals surface area contributed by atoms with Gasteiger partial charge in [0.2, 0.25) is 5.91 Å². The zero-order chi connectivity index (χ0) is 28.3. The van der Waals surface area contributed by atoms with E-state index in [4.69, 9.17) is 16.3 Å². The summed E-state index contributed by atoms with van der Waals surface area (Å²) in [5.41, 5.74) is 2.82. The fraction of sp³-hybridized carbons (Fsp3) is 0.143. The van der Waals surface area contributed by atoms with Gasteiger partial charge >= 0.3 is 5.97 Å². The van der Waals surface area contributed by atoms with E-state index >= 15 is 0 Å². The predicted octanol–water partition coefficient (Wildman–Crippen LogP) is 5.41. The van der Waals surface area contributed by atoms with Gasteiger partial charge in [-0.1, -0.05) is 59.8 Å². The van der Waals surface area contributed by atoms with E-state index in [-0.39, 0.29) is 40.6 Å². The first-order chi connectivity index (χ1) is 19.3. The Balaban J connectivity index is 1.37. The first kappa shape index (κ1) is 27.6. The normalized spacial score (nSPS) is 13.2. The third-order valence-electron chi connectivity index (χ3n) is 5.94. The molecule has 204 valence electrons. The SMILES string of the molecule is CCOC(=O)c1cccc(NC(=O)CSc2ncc3c(n2)-c2cc(Cl)ccc2N(Cc2ccccc2)S3(=O)=O)c1. The number of nitrogens with one attached hydrogen (secondary N) is 1. The first-order valence-corrected chi connectivity index (χ1v) is 15.0. The summed E-state index contributed by atoms with van der Waals surface area (Å²) in [6.07, 6.45) is 1.27. The van der Waals surface area contributed by atoms with Gasteiger partial charge in [0.1, 0.15) is 4.90 Å². The monoisotopic (exact) mass is 594 g/mol.